The largest absolute Gasteiger partial charge is 0.481 e. The number of para-hydroxylation sites is 1. The van der Waals surface area contributed by atoms with Gasteiger partial charge in [0.1, 0.15) is 28.6 Å². The number of aryl methyl sites for hydroxylation is 1. The van der Waals surface area contributed by atoms with E-state index in [-0.39, 0.29) is 19.6 Å². The fourth-order valence-electron chi connectivity index (χ4n) is 4.23. The van der Waals surface area contributed by atoms with Gasteiger partial charge in [-0.1, -0.05) is 12.1 Å². The minimum atomic E-state index is -0.896. The van der Waals surface area contributed by atoms with Crippen molar-refractivity contribution in [2.24, 2.45) is 5.92 Å². The molecule has 2 N–H and O–H groups in total. The smallest absolute Gasteiger partial charge is 0.329 e. The Bertz CT molecular complexity index is 1250. The number of fused-ring (bicyclic) bond motifs is 3. The quantitative estimate of drug-likeness (QED) is 0.333. The highest BCUT2D eigenvalue weighted by Crippen LogP contribution is 2.36. The molecule has 3 heterocycles. The van der Waals surface area contributed by atoms with E-state index in [0.29, 0.717) is 47.8 Å². The van der Waals surface area contributed by atoms with Gasteiger partial charge in [0.05, 0.1) is 18.6 Å². The summed E-state index contributed by atoms with van der Waals surface area (Å²) in [5.41, 5.74) is 1.07. The molecule has 194 valence electrons. The molecule has 1 aliphatic heterocycles. The van der Waals surface area contributed by atoms with Gasteiger partial charge in [-0.2, -0.15) is 0 Å². The van der Waals surface area contributed by atoms with E-state index in [2.05, 4.69) is 0 Å². The van der Waals surface area contributed by atoms with Gasteiger partial charge in [-0.3, -0.25) is 4.79 Å². The van der Waals surface area contributed by atoms with Gasteiger partial charge in [0.15, 0.2) is 11.4 Å². The number of esters is 1. The molecule has 10 nitrogen and oxygen atoms in total. The fourth-order valence-corrected chi connectivity index (χ4v) is 4.23. The van der Waals surface area contributed by atoms with Crippen LogP contribution in [0.15, 0.2) is 28.7 Å². The van der Waals surface area contributed by atoms with Crippen LogP contribution in [-0.2, 0) is 25.5 Å². The van der Waals surface area contributed by atoms with Crippen LogP contribution in [0, 0.1) is 5.92 Å². The molecule has 0 unspecified atom stereocenters. The Morgan fingerprint density at radius 2 is 2.00 bits per heavy atom. The highest BCUT2D eigenvalue weighted by Gasteiger charge is 2.41. The molecule has 3 aromatic rings. The molecule has 3 atom stereocenters. The number of hydrogen-bond donors (Lipinski definition) is 2. The number of β-amino-alcohol motifs (C(OH)–C–C–N with tert-alkyl or cyclic N) is 1. The lowest BCUT2D eigenvalue weighted by Crippen LogP contribution is -2.41. The Labute approximate surface area is 209 Å². The van der Waals surface area contributed by atoms with Crippen molar-refractivity contribution in [2.75, 3.05) is 24.7 Å². The summed E-state index contributed by atoms with van der Waals surface area (Å²) in [7, 11) is 0. The van der Waals surface area contributed by atoms with E-state index >= 15 is 0 Å². The summed E-state index contributed by atoms with van der Waals surface area (Å²) in [5, 5.41) is 20.3. The number of ether oxygens (including phenoxy) is 2. The Balaban J connectivity index is 1.64. The van der Waals surface area contributed by atoms with E-state index in [9.17, 15) is 14.7 Å². The summed E-state index contributed by atoms with van der Waals surface area (Å²) in [6.45, 7) is 7.73. The molecule has 0 bridgehead atoms. The zero-order valence-electron chi connectivity index (χ0n) is 21.1. The summed E-state index contributed by atoms with van der Waals surface area (Å²) in [5.74, 6) is -0.910. The van der Waals surface area contributed by atoms with Crippen molar-refractivity contribution in [3.8, 4) is 0 Å². The van der Waals surface area contributed by atoms with E-state index < -0.39 is 35.6 Å². The maximum absolute atomic E-state index is 13.0. The van der Waals surface area contributed by atoms with Gasteiger partial charge in [-0.15, -0.1) is 0 Å². The Kier molecular flexibility index (Phi) is 7.46. The maximum atomic E-state index is 13.0. The van der Waals surface area contributed by atoms with Crippen LogP contribution in [0.3, 0.4) is 0 Å². The highest BCUT2D eigenvalue weighted by molar-refractivity contribution is 6.06. The lowest BCUT2D eigenvalue weighted by atomic mass is 10.1. The third kappa shape index (κ3) is 5.76. The second-order valence-corrected chi connectivity index (χ2v) is 10.2. The molecule has 2 aromatic heterocycles. The maximum Gasteiger partial charge on any atom is 0.329 e. The summed E-state index contributed by atoms with van der Waals surface area (Å²) < 4.78 is 17.3. The van der Waals surface area contributed by atoms with Crippen molar-refractivity contribution in [1.29, 1.82) is 0 Å². The molecular weight excluding hydrogens is 466 g/mol. The normalized spacial score (nSPS) is 19.2. The number of carboxylic acid groups (broad SMARTS) is 1. The Morgan fingerprint density at radius 3 is 2.72 bits per heavy atom. The molecule has 1 fully saturated rings. The van der Waals surface area contributed by atoms with Crippen molar-refractivity contribution in [3.63, 3.8) is 0 Å². The predicted octanol–water partition coefficient (Wildman–Crippen LogP) is 3.33. The third-order valence-corrected chi connectivity index (χ3v) is 5.96. The summed E-state index contributed by atoms with van der Waals surface area (Å²) in [4.78, 5) is 35.2. The zero-order chi connectivity index (χ0) is 26.0. The monoisotopic (exact) mass is 499 g/mol. The standard InChI is InChI=1S/C26H33N3O7/c1-15(24(31)32)14-34-11-7-10-20-27-21-17-8-5-6-9-19(17)35-22(21)23(28-20)29-13-16(30)12-18(29)25(33)36-26(2,3)4/h5-6,8-9,15-16,18,30H,7,10-14H2,1-4H3,(H,31,32)/t15-,16-,18-/m0/s1. The van der Waals surface area contributed by atoms with Gasteiger partial charge in [0, 0.05) is 31.4 Å². The SMILES string of the molecule is C[C@@H](COCCCc1nc(N2C[C@@H](O)C[C@H]2C(=O)OC(C)(C)C)c2oc3ccccc3c2n1)C(=O)O. The second-order valence-electron chi connectivity index (χ2n) is 10.2. The number of rotatable bonds is 9. The number of nitrogens with zero attached hydrogens (tertiary/aromatic N) is 3. The van der Waals surface area contributed by atoms with Gasteiger partial charge in [0.25, 0.3) is 0 Å². The number of aliphatic carboxylic acids is 1. The number of hydrogen-bond acceptors (Lipinski definition) is 9. The van der Waals surface area contributed by atoms with Crippen LogP contribution in [0.5, 0.6) is 0 Å². The molecule has 0 aliphatic carbocycles. The number of furan rings is 1. The number of aliphatic hydroxyl groups excluding tert-OH is 1. The van der Waals surface area contributed by atoms with Gasteiger partial charge in [0.2, 0.25) is 0 Å². The Hall–Kier alpha value is -3.24. The topological polar surface area (TPSA) is 135 Å². The van der Waals surface area contributed by atoms with Crippen LogP contribution in [0.1, 0.15) is 46.4 Å². The number of aromatic nitrogens is 2. The number of carbonyl (C=O) groups excluding carboxylic acids is 1. The van der Waals surface area contributed by atoms with Gasteiger partial charge in [-0.25, -0.2) is 14.8 Å². The van der Waals surface area contributed by atoms with Gasteiger partial charge < -0.3 is 29.0 Å². The molecule has 0 radical (unpaired) electrons. The molecule has 10 heteroatoms. The first-order valence-electron chi connectivity index (χ1n) is 12.2. The molecule has 1 aromatic carbocycles. The van der Waals surface area contributed by atoms with Crippen LogP contribution in [0.2, 0.25) is 0 Å². The molecule has 1 saturated heterocycles. The molecule has 0 spiro atoms. The summed E-state index contributed by atoms with van der Waals surface area (Å²) in [6, 6.07) is 6.83. The average molecular weight is 500 g/mol. The van der Waals surface area contributed by atoms with Crippen molar-refractivity contribution < 1.29 is 33.7 Å². The van der Waals surface area contributed by atoms with Crippen LogP contribution < -0.4 is 4.90 Å². The summed E-state index contributed by atoms with van der Waals surface area (Å²) >= 11 is 0. The minimum Gasteiger partial charge on any atom is -0.481 e. The second kappa shape index (κ2) is 10.4. The van der Waals surface area contributed by atoms with Gasteiger partial charge >= 0.3 is 11.9 Å². The van der Waals surface area contributed by atoms with Crippen LogP contribution >= 0.6 is 0 Å². The first kappa shape index (κ1) is 25.8. The lowest BCUT2D eigenvalue weighted by Gasteiger charge is -2.28. The first-order valence-corrected chi connectivity index (χ1v) is 12.2. The van der Waals surface area contributed by atoms with E-state index in [1.54, 1.807) is 32.6 Å². The van der Waals surface area contributed by atoms with E-state index in [4.69, 9.17) is 29.0 Å². The summed E-state index contributed by atoms with van der Waals surface area (Å²) in [6.07, 6.45) is 0.582. The van der Waals surface area contributed by atoms with E-state index in [1.807, 2.05) is 24.3 Å². The first-order chi connectivity index (χ1) is 17.0. The number of anilines is 1. The van der Waals surface area contributed by atoms with E-state index in [0.717, 1.165) is 5.39 Å². The number of benzene rings is 1. The fraction of sp³-hybridized carbons (Fsp3) is 0.538. The molecular formula is C26H33N3O7. The van der Waals surface area contributed by atoms with Crippen molar-refractivity contribution in [1.82, 2.24) is 9.97 Å². The Morgan fingerprint density at radius 1 is 1.25 bits per heavy atom. The molecule has 4 rings (SSSR count). The zero-order valence-corrected chi connectivity index (χ0v) is 21.1. The van der Waals surface area contributed by atoms with Crippen LogP contribution in [0.25, 0.3) is 22.1 Å². The predicted molar refractivity (Wildman–Crippen MR) is 133 cm³/mol. The highest BCUT2D eigenvalue weighted by atomic mass is 16.6. The number of carbonyl (C=O) groups is 2. The molecule has 36 heavy (non-hydrogen) atoms. The van der Waals surface area contributed by atoms with Crippen molar-refractivity contribution in [2.45, 2.75) is 64.7 Å². The number of aliphatic hydroxyl groups is 1. The van der Waals surface area contributed by atoms with E-state index in [1.165, 1.54) is 0 Å². The number of carboxylic acids is 1. The van der Waals surface area contributed by atoms with Gasteiger partial charge in [-0.05, 0) is 46.2 Å². The average Bonchev–Trinajstić information content (AvgIpc) is 3.37. The molecule has 0 saturated carbocycles. The van der Waals surface area contributed by atoms with Crippen molar-refractivity contribution >= 4 is 39.8 Å². The molecule has 1 aliphatic rings. The van der Waals surface area contributed by atoms with Crippen molar-refractivity contribution in [3.05, 3.63) is 30.1 Å². The minimum absolute atomic E-state index is 0.135. The van der Waals surface area contributed by atoms with Crippen LogP contribution in [-0.4, -0.2) is 69.6 Å². The van der Waals surface area contributed by atoms with Crippen LogP contribution in [0.4, 0.5) is 5.82 Å². The third-order valence-electron chi connectivity index (χ3n) is 5.96. The lowest BCUT2D eigenvalue weighted by molar-refractivity contribution is -0.156. The molecule has 0 amide bonds.